The Hall–Kier alpha value is -3.83. The monoisotopic (exact) mass is 432 g/mol. The molecule has 7 nitrogen and oxygen atoms in total. The molecule has 1 aliphatic rings. The van der Waals surface area contributed by atoms with E-state index in [4.69, 9.17) is 12.2 Å². The Morgan fingerprint density at radius 2 is 1.90 bits per heavy atom. The lowest BCUT2D eigenvalue weighted by atomic mass is 10.00. The van der Waals surface area contributed by atoms with E-state index >= 15 is 0 Å². The van der Waals surface area contributed by atoms with E-state index < -0.39 is 23.6 Å². The fraction of sp³-hybridized carbons (Fsp3) is 0.174. The number of thiocarbonyl (C=S) groups is 1. The molecule has 1 fully saturated rings. The number of aryl methyl sites for hydroxylation is 2. The molecule has 0 unspecified atom stereocenters. The van der Waals surface area contributed by atoms with E-state index in [1.807, 2.05) is 50.2 Å². The maximum absolute atomic E-state index is 13.1. The number of carbonyl (C=O) groups is 3. The van der Waals surface area contributed by atoms with E-state index in [0.29, 0.717) is 5.69 Å². The van der Waals surface area contributed by atoms with Gasteiger partial charge in [0.25, 0.3) is 5.91 Å². The molecule has 2 N–H and O–H groups in total. The van der Waals surface area contributed by atoms with Gasteiger partial charge >= 0.3 is 0 Å². The molecule has 1 saturated heterocycles. The number of rotatable bonds is 5. The van der Waals surface area contributed by atoms with Gasteiger partial charge in [0.2, 0.25) is 11.8 Å². The van der Waals surface area contributed by atoms with Gasteiger partial charge < -0.3 is 10.6 Å². The number of benzene rings is 2. The molecule has 0 spiro atoms. The third kappa shape index (κ3) is 4.85. The van der Waals surface area contributed by atoms with Gasteiger partial charge in [-0.15, -0.1) is 0 Å². The molecule has 3 amide bonds. The molecule has 31 heavy (non-hydrogen) atoms. The van der Waals surface area contributed by atoms with Crippen LogP contribution in [0.1, 0.15) is 16.7 Å². The standard InChI is InChI=1S/C23H20N4O3S/c1-14-8-9-18(10-15(14)2)27-22(30)19(21(29)26-23(27)31)11-17(12-24)20(28)25-13-16-6-4-3-5-7-16/h3-11,19H,13H2,1-2H3,(H,25,28)(H,26,29,31)/b17-11+/t19-/m0/s1. The van der Waals surface area contributed by atoms with Crippen molar-refractivity contribution in [3.8, 4) is 6.07 Å². The highest BCUT2D eigenvalue weighted by molar-refractivity contribution is 7.80. The first-order valence-corrected chi connectivity index (χ1v) is 9.92. The van der Waals surface area contributed by atoms with Crippen LogP contribution in [0, 0.1) is 31.1 Å². The number of amides is 3. The van der Waals surface area contributed by atoms with Crippen molar-refractivity contribution in [2.24, 2.45) is 5.92 Å². The lowest BCUT2D eigenvalue weighted by molar-refractivity contribution is -0.131. The molecule has 0 bridgehead atoms. The number of hydrogen-bond donors (Lipinski definition) is 2. The van der Waals surface area contributed by atoms with E-state index in [-0.39, 0.29) is 17.2 Å². The highest BCUT2D eigenvalue weighted by Crippen LogP contribution is 2.24. The number of anilines is 1. The lowest BCUT2D eigenvalue weighted by Gasteiger charge is -2.31. The third-order valence-corrected chi connectivity index (χ3v) is 5.23. The van der Waals surface area contributed by atoms with Gasteiger partial charge in [0.05, 0.1) is 5.69 Å². The SMILES string of the molecule is Cc1ccc(N2C(=O)[C@@H](/C=C(\C#N)C(=O)NCc3ccccc3)C(=O)NC2=S)cc1C. The summed E-state index contributed by atoms with van der Waals surface area (Å²) in [5.41, 5.74) is 3.03. The van der Waals surface area contributed by atoms with E-state index in [1.54, 1.807) is 18.2 Å². The van der Waals surface area contributed by atoms with Crippen LogP contribution in [0.15, 0.2) is 60.2 Å². The summed E-state index contributed by atoms with van der Waals surface area (Å²) in [5, 5.41) is 14.5. The number of nitriles is 1. The molecular formula is C23H20N4O3S. The lowest BCUT2D eigenvalue weighted by Crippen LogP contribution is -2.57. The average molecular weight is 433 g/mol. The first-order valence-electron chi connectivity index (χ1n) is 9.52. The van der Waals surface area contributed by atoms with E-state index in [2.05, 4.69) is 10.6 Å². The van der Waals surface area contributed by atoms with Crippen LogP contribution >= 0.6 is 12.2 Å². The van der Waals surface area contributed by atoms with Crippen LogP contribution in [-0.4, -0.2) is 22.8 Å². The number of nitrogens with one attached hydrogen (secondary N) is 2. The van der Waals surface area contributed by atoms with Crippen molar-refractivity contribution < 1.29 is 14.4 Å². The smallest absolute Gasteiger partial charge is 0.261 e. The molecule has 156 valence electrons. The molecular weight excluding hydrogens is 412 g/mol. The van der Waals surface area contributed by atoms with Gasteiger partial charge in [-0.1, -0.05) is 36.4 Å². The quantitative estimate of drug-likeness (QED) is 0.327. The van der Waals surface area contributed by atoms with Gasteiger partial charge in [0.1, 0.15) is 17.6 Å². The molecule has 2 aromatic carbocycles. The molecule has 0 saturated carbocycles. The molecule has 1 heterocycles. The minimum absolute atomic E-state index is 0.0464. The molecule has 0 aliphatic carbocycles. The highest BCUT2D eigenvalue weighted by atomic mass is 32.1. The van der Waals surface area contributed by atoms with E-state index in [9.17, 15) is 19.6 Å². The Bertz CT molecular complexity index is 1140. The van der Waals surface area contributed by atoms with Crippen molar-refractivity contribution in [3.63, 3.8) is 0 Å². The van der Waals surface area contributed by atoms with Crippen molar-refractivity contribution in [2.45, 2.75) is 20.4 Å². The number of hydrogen-bond acceptors (Lipinski definition) is 5. The molecule has 2 aromatic rings. The zero-order chi connectivity index (χ0) is 22.5. The second kappa shape index (κ2) is 9.32. The van der Waals surface area contributed by atoms with Crippen LogP contribution in [0.5, 0.6) is 0 Å². The third-order valence-electron chi connectivity index (χ3n) is 4.95. The van der Waals surface area contributed by atoms with Gasteiger partial charge in [-0.05, 0) is 61.0 Å². The fourth-order valence-electron chi connectivity index (χ4n) is 3.05. The second-order valence-corrected chi connectivity index (χ2v) is 7.46. The minimum Gasteiger partial charge on any atom is -0.347 e. The van der Waals surface area contributed by atoms with Gasteiger partial charge in [0.15, 0.2) is 5.11 Å². The maximum Gasteiger partial charge on any atom is 0.261 e. The van der Waals surface area contributed by atoms with Crippen LogP contribution in [-0.2, 0) is 20.9 Å². The Morgan fingerprint density at radius 3 is 2.55 bits per heavy atom. The van der Waals surface area contributed by atoms with Gasteiger partial charge in [-0.25, -0.2) is 0 Å². The molecule has 0 radical (unpaired) electrons. The molecule has 1 aliphatic heterocycles. The summed E-state index contributed by atoms with van der Waals surface area (Å²) in [6.45, 7) is 4.05. The van der Waals surface area contributed by atoms with Crippen LogP contribution in [0.2, 0.25) is 0 Å². The maximum atomic E-state index is 13.1. The fourth-order valence-corrected chi connectivity index (χ4v) is 3.35. The first-order chi connectivity index (χ1) is 14.8. The summed E-state index contributed by atoms with van der Waals surface area (Å²) in [5.74, 6) is -3.33. The highest BCUT2D eigenvalue weighted by Gasteiger charge is 2.38. The summed E-state index contributed by atoms with van der Waals surface area (Å²) in [7, 11) is 0. The second-order valence-electron chi connectivity index (χ2n) is 7.07. The summed E-state index contributed by atoms with van der Waals surface area (Å²) in [4.78, 5) is 39.2. The predicted molar refractivity (Wildman–Crippen MR) is 120 cm³/mol. The van der Waals surface area contributed by atoms with Crippen molar-refractivity contribution in [2.75, 3.05) is 4.90 Å². The largest absolute Gasteiger partial charge is 0.347 e. The summed E-state index contributed by atoms with van der Waals surface area (Å²) < 4.78 is 0. The van der Waals surface area contributed by atoms with Crippen molar-refractivity contribution in [1.29, 1.82) is 5.26 Å². The Morgan fingerprint density at radius 1 is 1.19 bits per heavy atom. The van der Waals surface area contributed by atoms with Crippen LogP contribution in [0.4, 0.5) is 5.69 Å². The summed E-state index contributed by atoms with van der Waals surface area (Å²) in [6.07, 6.45) is 1.08. The zero-order valence-electron chi connectivity index (χ0n) is 17.0. The molecule has 1 atom stereocenters. The van der Waals surface area contributed by atoms with Crippen LogP contribution in [0.25, 0.3) is 0 Å². The molecule has 3 rings (SSSR count). The summed E-state index contributed by atoms with van der Waals surface area (Å²) >= 11 is 5.19. The topological polar surface area (TPSA) is 102 Å². The van der Waals surface area contributed by atoms with Gasteiger partial charge in [-0.3, -0.25) is 19.3 Å². The molecule has 8 heteroatoms. The van der Waals surface area contributed by atoms with E-state index in [1.165, 1.54) is 4.90 Å². The normalized spacial score (nSPS) is 16.5. The van der Waals surface area contributed by atoms with Crippen LogP contribution < -0.4 is 15.5 Å². The average Bonchev–Trinajstić information content (AvgIpc) is 2.75. The Labute approximate surface area is 185 Å². The number of nitrogens with zero attached hydrogens (tertiary/aromatic N) is 2. The predicted octanol–water partition coefficient (Wildman–Crippen LogP) is 2.43. The first kappa shape index (κ1) is 21.9. The molecule has 0 aromatic heterocycles. The van der Waals surface area contributed by atoms with Crippen molar-refractivity contribution in [3.05, 3.63) is 76.9 Å². The number of carbonyl (C=O) groups excluding carboxylic acids is 3. The Balaban J connectivity index is 1.84. The van der Waals surface area contributed by atoms with Gasteiger partial charge in [-0.2, -0.15) is 5.26 Å². The van der Waals surface area contributed by atoms with Gasteiger partial charge in [0, 0.05) is 6.54 Å². The Kier molecular flexibility index (Phi) is 6.58. The minimum atomic E-state index is -1.36. The van der Waals surface area contributed by atoms with Crippen LogP contribution in [0.3, 0.4) is 0 Å². The van der Waals surface area contributed by atoms with Crippen molar-refractivity contribution >= 4 is 40.7 Å². The summed E-state index contributed by atoms with van der Waals surface area (Å²) in [6, 6.07) is 16.3. The van der Waals surface area contributed by atoms with Crippen molar-refractivity contribution in [1.82, 2.24) is 10.6 Å². The zero-order valence-corrected chi connectivity index (χ0v) is 17.8. The van der Waals surface area contributed by atoms with E-state index in [0.717, 1.165) is 22.8 Å².